The van der Waals surface area contributed by atoms with E-state index in [4.69, 9.17) is 9.84 Å². The van der Waals surface area contributed by atoms with Crippen LogP contribution in [0, 0.1) is 0 Å². The summed E-state index contributed by atoms with van der Waals surface area (Å²) < 4.78 is 6.26. The average molecular weight is 294 g/mol. The lowest BCUT2D eigenvalue weighted by atomic mass is 10.3. The third kappa shape index (κ3) is 3.68. The van der Waals surface area contributed by atoms with E-state index in [2.05, 4.69) is 4.98 Å². The molecule has 1 aromatic heterocycles. The van der Waals surface area contributed by atoms with Gasteiger partial charge in [0.2, 0.25) is 0 Å². The van der Waals surface area contributed by atoms with Crippen LogP contribution in [0.3, 0.4) is 0 Å². The van der Waals surface area contributed by atoms with Crippen molar-refractivity contribution in [3.63, 3.8) is 0 Å². The maximum absolute atomic E-state index is 10.9. The van der Waals surface area contributed by atoms with E-state index in [0.717, 1.165) is 33.9 Å². The molecule has 2 rings (SSSR count). The van der Waals surface area contributed by atoms with E-state index in [1.807, 2.05) is 30.0 Å². The summed E-state index contributed by atoms with van der Waals surface area (Å²) in [6.07, 6.45) is 0.923. The van der Waals surface area contributed by atoms with Gasteiger partial charge >= 0.3 is 5.97 Å². The molecule has 0 fully saturated rings. The lowest BCUT2D eigenvalue weighted by molar-refractivity contribution is -0.138. The first-order valence-corrected chi connectivity index (χ1v) is 7.31. The first kappa shape index (κ1) is 14.7. The molecule has 1 N–H and O–H groups in total. The molecule has 0 atom stereocenters. The minimum atomic E-state index is -0.804. The Kier molecular flexibility index (Phi) is 4.92. The van der Waals surface area contributed by atoms with Gasteiger partial charge in [0.05, 0.1) is 30.4 Å². The lowest BCUT2D eigenvalue weighted by Gasteiger charge is -2.17. The number of carboxylic acids is 1. The summed E-state index contributed by atoms with van der Waals surface area (Å²) in [5.41, 5.74) is 0.928. The molecular weight excluding hydrogens is 276 g/mol. The Labute approximate surface area is 121 Å². The highest BCUT2D eigenvalue weighted by atomic mass is 32.1. The lowest BCUT2D eigenvalue weighted by Crippen LogP contribution is -2.29. The first-order valence-electron chi connectivity index (χ1n) is 6.50. The highest BCUT2D eigenvalue weighted by molar-refractivity contribution is 7.18. The Balaban J connectivity index is 2.16. The Hall–Kier alpha value is -1.66. The van der Waals surface area contributed by atoms with Gasteiger partial charge in [0.25, 0.3) is 0 Å². The molecule has 1 aromatic carbocycles. The van der Waals surface area contributed by atoms with Crippen LogP contribution in [-0.4, -0.2) is 41.2 Å². The largest absolute Gasteiger partial charge is 0.497 e. The molecule has 0 bridgehead atoms. The number of benzene rings is 1. The molecule has 0 aliphatic heterocycles. The van der Waals surface area contributed by atoms with Gasteiger partial charge in [-0.25, -0.2) is 4.98 Å². The summed E-state index contributed by atoms with van der Waals surface area (Å²) in [6.45, 7) is 3.42. The Morgan fingerprint density at radius 1 is 1.50 bits per heavy atom. The molecule has 0 aliphatic rings. The summed E-state index contributed by atoms with van der Waals surface area (Å²) in [4.78, 5) is 17.3. The Morgan fingerprint density at radius 3 is 2.95 bits per heavy atom. The fourth-order valence-electron chi connectivity index (χ4n) is 2.06. The normalized spacial score (nSPS) is 11.2. The SMILES string of the molecule is CCCN(CC(=O)O)Cc1nc2ccc(OC)cc2s1. The summed E-state index contributed by atoms with van der Waals surface area (Å²) in [5, 5.41) is 9.85. The van der Waals surface area contributed by atoms with Crippen LogP contribution in [0.15, 0.2) is 18.2 Å². The summed E-state index contributed by atoms with van der Waals surface area (Å²) in [6, 6.07) is 5.76. The number of rotatable bonds is 7. The molecule has 20 heavy (non-hydrogen) atoms. The van der Waals surface area contributed by atoms with Crippen molar-refractivity contribution in [3.05, 3.63) is 23.2 Å². The van der Waals surface area contributed by atoms with Crippen molar-refractivity contribution < 1.29 is 14.6 Å². The van der Waals surface area contributed by atoms with Crippen LogP contribution in [0.2, 0.25) is 0 Å². The van der Waals surface area contributed by atoms with Crippen molar-refractivity contribution in [1.82, 2.24) is 9.88 Å². The van der Waals surface area contributed by atoms with Gasteiger partial charge < -0.3 is 9.84 Å². The minimum absolute atomic E-state index is 0.0487. The number of carbonyl (C=O) groups is 1. The maximum Gasteiger partial charge on any atom is 0.317 e. The molecule has 1 heterocycles. The zero-order chi connectivity index (χ0) is 14.5. The molecular formula is C14H18N2O3S. The van der Waals surface area contributed by atoms with E-state index in [1.165, 1.54) is 0 Å². The van der Waals surface area contributed by atoms with Crippen molar-refractivity contribution >= 4 is 27.5 Å². The molecule has 2 aromatic rings. The second-order valence-corrected chi connectivity index (χ2v) is 5.66. The molecule has 6 heteroatoms. The van der Waals surface area contributed by atoms with E-state index in [0.29, 0.717) is 6.54 Å². The predicted molar refractivity (Wildman–Crippen MR) is 79.4 cm³/mol. The fourth-order valence-corrected chi connectivity index (χ4v) is 3.10. The monoisotopic (exact) mass is 294 g/mol. The average Bonchev–Trinajstić information content (AvgIpc) is 2.79. The predicted octanol–water partition coefficient (Wildman–Crippen LogP) is 2.60. The van der Waals surface area contributed by atoms with Crippen LogP contribution in [0.4, 0.5) is 0 Å². The number of hydrogen-bond acceptors (Lipinski definition) is 5. The summed E-state index contributed by atoms with van der Waals surface area (Å²) in [5.74, 6) is 0.00452. The van der Waals surface area contributed by atoms with Gasteiger partial charge in [-0.1, -0.05) is 6.92 Å². The van der Waals surface area contributed by atoms with Gasteiger partial charge in [0, 0.05) is 0 Å². The number of methoxy groups -OCH3 is 1. The second kappa shape index (κ2) is 6.67. The highest BCUT2D eigenvalue weighted by Crippen LogP contribution is 2.26. The maximum atomic E-state index is 10.9. The summed E-state index contributed by atoms with van der Waals surface area (Å²) >= 11 is 1.58. The molecule has 0 amide bonds. The molecule has 0 unspecified atom stereocenters. The zero-order valence-corrected chi connectivity index (χ0v) is 12.4. The van der Waals surface area contributed by atoms with Crippen molar-refractivity contribution in [1.29, 1.82) is 0 Å². The molecule has 0 aliphatic carbocycles. The fraction of sp³-hybridized carbons (Fsp3) is 0.429. The zero-order valence-electron chi connectivity index (χ0n) is 11.6. The van der Waals surface area contributed by atoms with Gasteiger partial charge in [-0.3, -0.25) is 9.69 Å². The number of hydrogen-bond donors (Lipinski definition) is 1. The van der Waals surface area contributed by atoms with E-state index < -0.39 is 5.97 Å². The van der Waals surface area contributed by atoms with Crippen molar-refractivity contribution in [2.24, 2.45) is 0 Å². The van der Waals surface area contributed by atoms with Gasteiger partial charge in [-0.05, 0) is 31.2 Å². The third-order valence-electron chi connectivity index (χ3n) is 2.90. The molecule has 0 radical (unpaired) electrons. The van der Waals surface area contributed by atoms with Crippen LogP contribution in [-0.2, 0) is 11.3 Å². The quantitative estimate of drug-likeness (QED) is 0.850. The number of aliphatic carboxylic acids is 1. The Morgan fingerprint density at radius 2 is 2.30 bits per heavy atom. The smallest absolute Gasteiger partial charge is 0.317 e. The van der Waals surface area contributed by atoms with E-state index in [9.17, 15) is 4.79 Å². The van der Waals surface area contributed by atoms with Crippen molar-refractivity contribution in [2.45, 2.75) is 19.9 Å². The van der Waals surface area contributed by atoms with Crippen LogP contribution >= 0.6 is 11.3 Å². The molecule has 0 saturated carbocycles. The summed E-state index contributed by atoms with van der Waals surface area (Å²) in [7, 11) is 1.64. The molecule has 0 saturated heterocycles. The molecule has 0 spiro atoms. The van der Waals surface area contributed by atoms with E-state index in [1.54, 1.807) is 18.4 Å². The minimum Gasteiger partial charge on any atom is -0.497 e. The van der Waals surface area contributed by atoms with Gasteiger partial charge in [-0.2, -0.15) is 0 Å². The first-order chi connectivity index (χ1) is 9.62. The number of aromatic nitrogens is 1. The van der Waals surface area contributed by atoms with Crippen LogP contribution in [0.5, 0.6) is 5.75 Å². The van der Waals surface area contributed by atoms with Gasteiger partial charge in [-0.15, -0.1) is 11.3 Å². The van der Waals surface area contributed by atoms with Gasteiger partial charge in [0.1, 0.15) is 10.8 Å². The number of carboxylic acid groups (broad SMARTS) is 1. The number of nitrogens with zero attached hydrogens (tertiary/aromatic N) is 2. The van der Waals surface area contributed by atoms with Crippen LogP contribution in [0.25, 0.3) is 10.2 Å². The van der Waals surface area contributed by atoms with E-state index in [-0.39, 0.29) is 6.54 Å². The van der Waals surface area contributed by atoms with Gasteiger partial charge in [0.15, 0.2) is 0 Å². The second-order valence-electron chi connectivity index (χ2n) is 4.55. The van der Waals surface area contributed by atoms with Crippen molar-refractivity contribution in [2.75, 3.05) is 20.2 Å². The van der Waals surface area contributed by atoms with Crippen LogP contribution in [0.1, 0.15) is 18.4 Å². The number of ether oxygens (including phenoxy) is 1. The number of thiazole rings is 1. The number of fused-ring (bicyclic) bond motifs is 1. The highest BCUT2D eigenvalue weighted by Gasteiger charge is 2.12. The van der Waals surface area contributed by atoms with E-state index >= 15 is 0 Å². The molecule has 108 valence electrons. The van der Waals surface area contributed by atoms with Crippen molar-refractivity contribution in [3.8, 4) is 5.75 Å². The Bertz CT molecular complexity index is 597. The molecule has 5 nitrogen and oxygen atoms in total. The topological polar surface area (TPSA) is 62.7 Å². The third-order valence-corrected chi connectivity index (χ3v) is 3.90. The standard InChI is InChI=1S/C14H18N2O3S/c1-3-6-16(9-14(17)18)8-13-15-11-5-4-10(19-2)7-12(11)20-13/h4-5,7H,3,6,8-9H2,1-2H3,(H,17,18). The van der Waals surface area contributed by atoms with Crippen LogP contribution < -0.4 is 4.74 Å².